The SMILES string of the molecule is COc1cc(Nc2nc3n(n2)CCCC[C@H]3c2ccc(F)cc2)ccc1-n1cnc(C)c1. The van der Waals surface area contributed by atoms with E-state index in [1.807, 2.05) is 52.7 Å². The van der Waals surface area contributed by atoms with Gasteiger partial charge in [-0.3, -0.25) is 0 Å². The van der Waals surface area contributed by atoms with E-state index in [4.69, 9.17) is 14.8 Å². The number of aryl methyl sites for hydroxylation is 2. The molecule has 0 amide bonds. The highest BCUT2D eigenvalue weighted by atomic mass is 19.1. The first-order valence-electron chi connectivity index (χ1n) is 10.8. The Balaban J connectivity index is 1.43. The Kier molecular flexibility index (Phi) is 5.34. The zero-order valence-corrected chi connectivity index (χ0v) is 18.1. The number of halogens is 1. The van der Waals surface area contributed by atoms with Crippen LogP contribution in [0.1, 0.15) is 42.3 Å². The van der Waals surface area contributed by atoms with Gasteiger partial charge in [0.1, 0.15) is 17.4 Å². The number of rotatable bonds is 5. The van der Waals surface area contributed by atoms with E-state index < -0.39 is 0 Å². The summed E-state index contributed by atoms with van der Waals surface area (Å²) in [6, 6.07) is 12.6. The molecule has 0 saturated carbocycles. The number of ether oxygens (including phenoxy) is 1. The van der Waals surface area contributed by atoms with Gasteiger partial charge in [0.25, 0.3) is 0 Å². The van der Waals surface area contributed by atoms with Crippen LogP contribution in [-0.4, -0.2) is 31.4 Å². The Morgan fingerprint density at radius 3 is 2.72 bits per heavy atom. The van der Waals surface area contributed by atoms with E-state index in [1.54, 1.807) is 13.4 Å². The van der Waals surface area contributed by atoms with E-state index in [0.29, 0.717) is 5.95 Å². The lowest BCUT2D eigenvalue weighted by atomic mass is 9.93. The number of fused-ring (bicyclic) bond motifs is 1. The fourth-order valence-corrected chi connectivity index (χ4v) is 4.23. The summed E-state index contributed by atoms with van der Waals surface area (Å²) in [5.74, 6) is 2.05. The Bertz CT molecular complexity index is 1230. The molecular formula is C24H25FN6O. The van der Waals surface area contributed by atoms with E-state index >= 15 is 0 Å². The second-order valence-corrected chi connectivity index (χ2v) is 8.05. The lowest BCUT2D eigenvalue weighted by molar-refractivity contribution is 0.413. The van der Waals surface area contributed by atoms with Gasteiger partial charge in [0.05, 0.1) is 24.8 Å². The van der Waals surface area contributed by atoms with Crippen molar-refractivity contribution in [3.05, 3.63) is 77.9 Å². The Morgan fingerprint density at radius 2 is 1.97 bits per heavy atom. The van der Waals surface area contributed by atoms with Gasteiger partial charge in [0, 0.05) is 30.4 Å². The van der Waals surface area contributed by atoms with Crippen molar-refractivity contribution in [2.75, 3.05) is 12.4 Å². The van der Waals surface area contributed by atoms with Gasteiger partial charge in [-0.05, 0) is 49.6 Å². The van der Waals surface area contributed by atoms with E-state index in [2.05, 4.69) is 10.3 Å². The van der Waals surface area contributed by atoms with Gasteiger partial charge >= 0.3 is 0 Å². The molecule has 3 heterocycles. The maximum Gasteiger partial charge on any atom is 0.246 e. The zero-order chi connectivity index (χ0) is 22.1. The molecule has 0 aliphatic carbocycles. The van der Waals surface area contributed by atoms with E-state index in [1.165, 1.54) is 12.1 Å². The molecule has 32 heavy (non-hydrogen) atoms. The van der Waals surface area contributed by atoms with Crippen molar-refractivity contribution in [3.63, 3.8) is 0 Å². The molecule has 8 heteroatoms. The zero-order valence-electron chi connectivity index (χ0n) is 18.1. The summed E-state index contributed by atoms with van der Waals surface area (Å²) in [5.41, 5.74) is 3.74. The second-order valence-electron chi connectivity index (χ2n) is 8.05. The summed E-state index contributed by atoms with van der Waals surface area (Å²) >= 11 is 0. The minimum Gasteiger partial charge on any atom is -0.494 e. The summed E-state index contributed by atoms with van der Waals surface area (Å²) in [4.78, 5) is 9.11. The summed E-state index contributed by atoms with van der Waals surface area (Å²) in [5, 5.41) is 8.02. The van der Waals surface area contributed by atoms with Crippen molar-refractivity contribution in [2.45, 2.75) is 38.6 Å². The molecule has 0 bridgehead atoms. The number of nitrogens with zero attached hydrogens (tertiary/aromatic N) is 5. The van der Waals surface area contributed by atoms with Crippen LogP contribution in [0.5, 0.6) is 5.75 Å². The van der Waals surface area contributed by atoms with Crippen molar-refractivity contribution in [1.29, 1.82) is 0 Å². The molecule has 1 atom stereocenters. The van der Waals surface area contributed by atoms with E-state index in [-0.39, 0.29) is 11.7 Å². The molecule has 5 rings (SSSR count). The molecule has 7 nitrogen and oxygen atoms in total. The summed E-state index contributed by atoms with van der Waals surface area (Å²) < 4.78 is 22.9. The van der Waals surface area contributed by atoms with Gasteiger partial charge in [-0.1, -0.05) is 18.6 Å². The van der Waals surface area contributed by atoms with Crippen LogP contribution in [0.4, 0.5) is 16.0 Å². The van der Waals surface area contributed by atoms with Gasteiger partial charge in [-0.15, -0.1) is 5.10 Å². The van der Waals surface area contributed by atoms with Gasteiger partial charge < -0.3 is 14.6 Å². The highest BCUT2D eigenvalue weighted by Gasteiger charge is 2.24. The lowest BCUT2D eigenvalue weighted by Crippen LogP contribution is -2.08. The smallest absolute Gasteiger partial charge is 0.246 e. The molecule has 4 aromatic rings. The summed E-state index contributed by atoms with van der Waals surface area (Å²) in [7, 11) is 1.65. The first kappa shape index (κ1) is 20.2. The second kappa shape index (κ2) is 8.45. The number of benzene rings is 2. The Hall–Kier alpha value is -3.68. The fraction of sp³-hybridized carbons (Fsp3) is 0.292. The molecular weight excluding hydrogens is 407 g/mol. The molecule has 0 fully saturated rings. The van der Waals surface area contributed by atoms with Crippen molar-refractivity contribution in [2.24, 2.45) is 0 Å². The Morgan fingerprint density at radius 1 is 1.12 bits per heavy atom. The molecule has 2 aromatic heterocycles. The predicted octanol–water partition coefficient (Wildman–Crippen LogP) is 4.98. The molecule has 1 aliphatic rings. The third kappa shape index (κ3) is 3.95. The number of hydrogen-bond donors (Lipinski definition) is 1. The standard InChI is InChI=1S/C24H25FN6O/c1-16-14-30(15-26-16)21-11-10-19(13-22(21)32-2)27-24-28-23-20(5-3-4-12-31(23)29-24)17-6-8-18(25)9-7-17/h6-11,13-15,20H,3-5,12H2,1-2H3,(H,27,29)/t20-/m0/s1. The highest BCUT2D eigenvalue weighted by Crippen LogP contribution is 2.33. The number of nitrogens with one attached hydrogen (secondary N) is 1. The minimum atomic E-state index is -0.227. The van der Waals surface area contributed by atoms with Crippen LogP contribution < -0.4 is 10.1 Å². The van der Waals surface area contributed by atoms with Gasteiger partial charge in [-0.2, -0.15) is 4.98 Å². The molecule has 0 unspecified atom stereocenters. The largest absolute Gasteiger partial charge is 0.494 e. The normalized spacial score (nSPS) is 15.8. The predicted molar refractivity (Wildman–Crippen MR) is 120 cm³/mol. The van der Waals surface area contributed by atoms with Crippen LogP contribution in [0.3, 0.4) is 0 Å². The first-order chi connectivity index (χ1) is 15.6. The first-order valence-corrected chi connectivity index (χ1v) is 10.8. The topological polar surface area (TPSA) is 69.8 Å². The Labute approximate surface area is 185 Å². The number of methoxy groups -OCH3 is 1. The van der Waals surface area contributed by atoms with Crippen LogP contribution in [0.25, 0.3) is 5.69 Å². The van der Waals surface area contributed by atoms with E-state index in [0.717, 1.165) is 60.0 Å². The minimum absolute atomic E-state index is 0.0996. The van der Waals surface area contributed by atoms with Crippen molar-refractivity contribution < 1.29 is 9.13 Å². The third-order valence-corrected chi connectivity index (χ3v) is 5.82. The molecule has 1 N–H and O–H groups in total. The van der Waals surface area contributed by atoms with Crippen LogP contribution >= 0.6 is 0 Å². The van der Waals surface area contributed by atoms with Gasteiger partial charge in [-0.25, -0.2) is 14.1 Å². The monoisotopic (exact) mass is 432 g/mol. The molecule has 0 saturated heterocycles. The van der Waals surface area contributed by atoms with Gasteiger partial charge in [0.15, 0.2) is 0 Å². The average molecular weight is 433 g/mol. The van der Waals surface area contributed by atoms with Crippen LogP contribution in [0.15, 0.2) is 55.0 Å². The van der Waals surface area contributed by atoms with Gasteiger partial charge in [0.2, 0.25) is 5.95 Å². The quantitative estimate of drug-likeness (QED) is 0.482. The maximum atomic E-state index is 13.4. The number of imidazole rings is 1. The fourth-order valence-electron chi connectivity index (χ4n) is 4.23. The maximum absolute atomic E-state index is 13.4. The summed E-state index contributed by atoms with van der Waals surface area (Å²) in [6.45, 7) is 2.77. The highest BCUT2D eigenvalue weighted by molar-refractivity contribution is 5.62. The molecule has 164 valence electrons. The number of aromatic nitrogens is 5. The lowest BCUT2D eigenvalue weighted by Gasteiger charge is -2.14. The molecule has 2 aromatic carbocycles. The van der Waals surface area contributed by atoms with Crippen LogP contribution in [0, 0.1) is 12.7 Å². The average Bonchev–Trinajstić information content (AvgIpc) is 3.35. The van der Waals surface area contributed by atoms with Crippen LogP contribution in [0.2, 0.25) is 0 Å². The van der Waals surface area contributed by atoms with Crippen molar-refractivity contribution in [1.82, 2.24) is 24.3 Å². The number of hydrogen-bond acceptors (Lipinski definition) is 5. The molecule has 0 radical (unpaired) electrons. The van der Waals surface area contributed by atoms with Crippen LogP contribution in [-0.2, 0) is 6.54 Å². The summed E-state index contributed by atoms with van der Waals surface area (Å²) in [6.07, 6.45) is 6.82. The van der Waals surface area contributed by atoms with Crippen molar-refractivity contribution >= 4 is 11.6 Å². The number of anilines is 2. The molecule has 0 spiro atoms. The van der Waals surface area contributed by atoms with Crippen molar-refractivity contribution in [3.8, 4) is 11.4 Å². The third-order valence-electron chi connectivity index (χ3n) is 5.82. The molecule has 1 aliphatic heterocycles. The van der Waals surface area contributed by atoms with E-state index in [9.17, 15) is 4.39 Å².